The van der Waals surface area contributed by atoms with E-state index in [9.17, 15) is 9.18 Å². The molecule has 0 spiro atoms. The summed E-state index contributed by atoms with van der Waals surface area (Å²) in [5.74, 6) is -0.209. The second-order valence-electron chi connectivity index (χ2n) is 6.52. The molecule has 7 heteroatoms. The maximum atomic E-state index is 14.1. The molecule has 3 heterocycles. The van der Waals surface area contributed by atoms with Crippen LogP contribution >= 0.6 is 0 Å². The van der Waals surface area contributed by atoms with Crippen LogP contribution in [0.3, 0.4) is 0 Å². The number of pyridine rings is 1. The first-order valence-corrected chi connectivity index (χ1v) is 8.75. The number of rotatable bonds is 4. The molecule has 1 aliphatic rings. The zero-order valence-corrected chi connectivity index (χ0v) is 14.9. The average Bonchev–Trinajstić information content (AvgIpc) is 3.09. The van der Waals surface area contributed by atoms with Crippen molar-refractivity contribution in [2.24, 2.45) is 0 Å². The van der Waals surface area contributed by atoms with Gasteiger partial charge in [0, 0.05) is 12.7 Å². The molecule has 138 valence electrons. The summed E-state index contributed by atoms with van der Waals surface area (Å²) < 4.78 is 21.7. The van der Waals surface area contributed by atoms with Crippen LogP contribution in [-0.2, 0) is 19.7 Å². The van der Waals surface area contributed by atoms with E-state index in [1.807, 2.05) is 41.1 Å². The first-order valence-electron chi connectivity index (χ1n) is 8.75. The number of benzene rings is 1. The SMILES string of the molecule is Cc1cnc(C(=O)N2CCn3nc(COc4ccccc4)cc3C2)c(F)c1. The first kappa shape index (κ1) is 17.2. The van der Waals surface area contributed by atoms with Gasteiger partial charge in [-0.15, -0.1) is 0 Å². The summed E-state index contributed by atoms with van der Waals surface area (Å²) in [6.07, 6.45) is 1.50. The molecule has 2 aromatic heterocycles. The van der Waals surface area contributed by atoms with Gasteiger partial charge in [-0.2, -0.15) is 5.10 Å². The molecule has 0 bridgehead atoms. The third-order valence-electron chi connectivity index (χ3n) is 4.45. The molecule has 0 unspecified atom stereocenters. The fourth-order valence-corrected chi connectivity index (χ4v) is 3.08. The largest absolute Gasteiger partial charge is 0.487 e. The van der Waals surface area contributed by atoms with Crippen molar-refractivity contribution in [3.8, 4) is 5.75 Å². The molecule has 1 aliphatic heterocycles. The second kappa shape index (κ2) is 7.19. The number of halogens is 1. The number of amides is 1. The van der Waals surface area contributed by atoms with Gasteiger partial charge in [0.15, 0.2) is 11.5 Å². The van der Waals surface area contributed by atoms with Crippen LogP contribution < -0.4 is 4.74 Å². The molecule has 0 saturated carbocycles. The van der Waals surface area contributed by atoms with Crippen LogP contribution in [0.4, 0.5) is 4.39 Å². The lowest BCUT2D eigenvalue weighted by Gasteiger charge is -2.27. The average molecular weight is 366 g/mol. The standard InChI is InChI=1S/C20H19FN4O2/c1-14-9-18(21)19(22-11-14)20(26)24-7-8-25-16(12-24)10-15(23-25)13-27-17-5-3-2-4-6-17/h2-6,9-11H,7-8,12-13H2,1H3. The molecule has 1 amide bonds. The minimum absolute atomic E-state index is 0.138. The predicted octanol–water partition coefficient (Wildman–Crippen LogP) is 2.96. The number of hydrogen-bond donors (Lipinski definition) is 0. The van der Waals surface area contributed by atoms with E-state index in [0.717, 1.165) is 17.1 Å². The van der Waals surface area contributed by atoms with E-state index in [1.54, 1.807) is 11.8 Å². The van der Waals surface area contributed by atoms with Gasteiger partial charge >= 0.3 is 0 Å². The summed E-state index contributed by atoms with van der Waals surface area (Å²) in [6.45, 7) is 3.47. The van der Waals surface area contributed by atoms with Crippen molar-refractivity contribution in [2.45, 2.75) is 26.6 Å². The van der Waals surface area contributed by atoms with Crippen LogP contribution in [-0.4, -0.2) is 32.1 Å². The lowest BCUT2D eigenvalue weighted by atomic mass is 10.2. The quantitative estimate of drug-likeness (QED) is 0.712. The van der Waals surface area contributed by atoms with Crippen LogP contribution in [0.1, 0.15) is 27.4 Å². The number of para-hydroxylation sites is 1. The van der Waals surface area contributed by atoms with E-state index in [2.05, 4.69) is 10.1 Å². The van der Waals surface area contributed by atoms with Gasteiger partial charge < -0.3 is 9.64 Å². The van der Waals surface area contributed by atoms with E-state index < -0.39 is 11.7 Å². The minimum atomic E-state index is -0.587. The van der Waals surface area contributed by atoms with Crippen LogP contribution in [0.15, 0.2) is 48.7 Å². The van der Waals surface area contributed by atoms with Gasteiger partial charge in [-0.3, -0.25) is 9.48 Å². The molecular weight excluding hydrogens is 347 g/mol. The van der Waals surface area contributed by atoms with Crippen LogP contribution in [0, 0.1) is 12.7 Å². The lowest BCUT2D eigenvalue weighted by Crippen LogP contribution is -2.39. The summed E-state index contributed by atoms with van der Waals surface area (Å²) >= 11 is 0. The van der Waals surface area contributed by atoms with Gasteiger partial charge in [0.1, 0.15) is 18.1 Å². The first-order chi connectivity index (χ1) is 13.1. The van der Waals surface area contributed by atoms with E-state index in [4.69, 9.17) is 4.74 Å². The minimum Gasteiger partial charge on any atom is -0.487 e. The molecule has 0 fully saturated rings. The number of aryl methyl sites for hydroxylation is 1. The zero-order valence-electron chi connectivity index (χ0n) is 14.9. The molecule has 3 aromatic rings. The van der Waals surface area contributed by atoms with Crippen molar-refractivity contribution in [3.63, 3.8) is 0 Å². The molecule has 0 radical (unpaired) electrons. The van der Waals surface area contributed by atoms with Crippen molar-refractivity contribution >= 4 is 5.91 Å². The summed E-state index contributed by atoms with van der Waals surface area (Å²) in [6, 6.07) is 12.8. The van der Waals surface area contributed by atoms with Crippen molar-refractivity contribution < 1.29 is 13.9 Å². The van der Waals surface area contributed by atoms with E-state index in [1.165, 1.54) is 12.3 Å². The summed E-state index contributed by atoms with van der Waals surface area (Å²) in [5.41, 5.74) is 2.24. The van der Waals surface area contributed by atoms with Crippen molar-refractivity contribution in [3.05, 3.63) is 77.1 Å². The molecule has 27 heavy (non-hydrogen) atoms. The van der Waals surface area contributed by atoms with E-state index in [0.29, 0.717) is 31.8 Å². The van der Waals surface area contributed by atoms with E-state index in [-0.39, 0.29) is 5.69 Å². The van der Waals surface area contributed by atoms with Crippen molar-refractivity contribution in [2.75, 3.05) is 6.54 Å². The Labute approximate surface area is 156 Å². The van der Waals surface area contributed by atoms with Gasteiger partial charge in [-0.1, -0.05) is 18.2 Å². The van der Waals surface area contributed by atoms with Crippen molar-refractivity contribution in [1.29, 1.82) is 0 Å². The predicted molar refractivity (Wildman–Crippen MR) is 96.7 cm³/mol. The Morgan fingerprint density at radius 3 is 2.81 bits per heavy atom. The molecule has 0 saturated heterocycles. The number of nitrogens with zero attached hydrogens (tertiary/aromatic N) is 4. The monoisotopic (exact) mass is 366 g/mol. The highest BCUT2D eigenvalue weighted by Crippen LogP contribution is 2.18. The molecule has 0 N–H and O–H groups in total. The number of carbonyl (C=O) groups is 1. The number of hydrogen-bond acceptors (Lipinski definition) is 4. The van der Waals surface area contributed by atoms with E-state index >= 15 is 0 Å². The molecule has 1 aromatic carbocycles. The summed E-state index contributed by atoms with van der Waals surface area (Å²) in [4.78, 5) is 18.2. The second-order valence-corrected chi connectivity index (χ2v) is 6.52. The topological polar surface area (TPSA) is 60.2 Å². The number of carbonyl (C=O) groups excluding carboxylic acids is 1. The Hall–Kier alpha value is -3.22. The molecule has 0 aliphatic carbocycles. The Bertz CT molecular complexity index is 971. The van der Waals surface area contributed by atoms with Crippen LogP contribution in [0.2, 0.25) is 0 Å². The van der Waals surface area contributed by atoms with Gasteiger partial charge in [0.25, 0.3) is 5.91 Å². The highest BCUT2D eigenvalue weighted by Gasteiger charge is 2.26. The highest BCUT2D eigenvalue weighted by atomic mass is 19.1. The van der Waals surface area contributed by atoms with Gasteiger partial charge in [0.05, 0.1) is 18.8 Å². The maximum absolute atomic E-state index is 14.1. The number of aromatic nitrogens is 3. The third kappa shape index (κ3) is 3.67. The van der Waals surface area contributed by atoms with Gasteiger partial charge in [-0.25, -0.2) is 9.37 Å². The van der Waals surface area contributed by atoms with Crippen LogP contribution in [0.25, 0.3) is 0 Å². The van der Waals surface area contributed by atoms with Crippen molar-refractivity contribution in [1.82, 2.24) is 19.7 Å². The number of fused-ring (bicyclic) bond motifs is 1. The highest BCUT2D eigenvalue weighted by molar-refractivity contribution is 5.92. The Morgan fingerprint density at radius 1 is 1.22 bits per heavy atom. The van der Waals surface area contributed by atoms with Gasteiger partial charge in [0.2, 0.25) is 0 Å². The smallest absolute Gasteiger partial charge is 0.275 e. The normalized spacial score (nSPS) is 13.3. The third-order valence-corrected chi connectivity index (χ3v) is 4.45. The maximum Gasteiger partial charge on any atom is 0.275 e. The van der Waals surface area contributed by atoms with Crippen LogP contribution in [0.5, 0.6) is 5.75 Å². The summed E-state index contributed by atoms with van der Waals surface area (Å²) in [5, 5.41) is 4.53. The lowest BCUT2D eigenvalue weighted by molar-refractivity contribution is 0.0694. The molecule has 0 atom stereocenters. The molecule has 6 nitrogen and oxygen atoms in total. The summed E-state index contributed by atoms with van der Waals surface area (Å²) in [7, 11) is 0. The Morgan fingerprint density at radius 2 is 2.04 bits per heavy atom. The fraction of sp³-hybridized carbons (Fsp3) is 0.250. The molecular formula is C20H19FN4O2. The Balaban J connectivity index is 1.45. The molecule has 4 rings (SSSR count). The number of ether oxygens (including phenoxy) is 1. The Kier molecular flexibility index (Phi) is 4.58. The fourth-order valence-electron chi connectivity index (χ4n) is 3.08. The zero-order chi connectivity index (χ0) is 18.8. The van der Waals surface area contributed by atoms with Gasteiger partial charge in [-0.05, 0) is 36.8 Å².